The van der Waals surface area contributed by atoms with E-state index in [1.807, 2.05) is 43.2 Å². The van der Waals surface area contributed by atoms with Crippen LogP contribution in [0.5, 0.6) is 0 Å². The Kier molecular flexibility index (Phi) is 14.6. The molecule has 0 radical (unpaired) electrons. The van der Waals surface area contributed by atoms with Crippen LogP contribution in [-0.4, -0.2) is 39.4 Å². The van der Waals surface area contributed by atoms with Gasteiger partial charge in [0.05, 0.1) is 24.7 Å². The van der Waals surface area contributed by atoms with Crippen LogP contribution in [0.4, 0.5) is 0 Å². The number of hydrogen-bond acceptors (Lipinski definition) is 9. The molecule has 4 aromatic rings. The Hall–Kier alpha value is -3.37. The lowest BCUT2D eigenvalue weighted by atomic mass is 10.1. The van der Waals surface area contributed by atoms with Gasteiger partial charge in [-0.3, -0.25) is 0 Å². The van der Waals surface area contributed by atoms with Crippen LogP contribution in [-0.2, 0) is 43.7 Å². The summed E-state index contributed by atoms with van der Waals surface area (Å²) in [5, 5.41) is 37.5. The van der Waals surface area contributed by atoms with Crippen molar-refractivity contribution in [3.63, 3.8) is 0 Å². The largest absolute Gasteiger partial charge is 0.469 e. The number of carbonyl (C=O) groups excluding carboxylic acids is 1. The van der Waals surface area contributed by atoms with Crippen LogP contribution in [0.2, 0.25) is 0 Å². The first-order valence-corrected chi connectivity index (χ1v) is 12.6. The summed E-state index contributed by atoms with van der Waals surface area (Å²) in [5.74, 6) is 4.49. The van der Waals surface area contributed by atoms with Gasteiger partial charge in [0.1, 0.15) is 54.6 Å². The molecule has 4 heterocycles. The van der Waals surface area contributed by atoms with Crippen molar-refractivity contribution >= 4 is 6.79 Å². The Labute approximate surface area is 222 Å². The number of furan rings is 4. The van der Waals surface area contributed by atoms with Crippen LogP contribution in [0.1, 0.15) is 60.2 Å². The molecule has 0 aliphatic rings. The van der Waals surface area contributed by atoms with Gasteiger partial charge in [0.2, 0.25) is 0 Å². The van der Waals surface area contributed by atoms with E-state index in [0.29, 0.717) is 37.2 Å². The summed E-state index contributed by atoms with van der Waals surface area (Å²) < 4.78 is 21.1. The second kappa shape index (κ2) is 18.0. The summed E-state index contributed by atoms with van der Waals surface area (Å²) in [4.78, 5) is 8.00. The van der Waals surface area contributed by atoms with E-state index in [-0.39, 0.29) is 19.3 Å². The van der Waals surface area contributed by atoms with Crippen LogP contribution in [0.25, 0.3) is 0 Å². The zero-order valence-corrected chi connectivity index (χ0v) is 21.5. The summed E-state index contributed by atoms with van der Waals surface area (Å²) in [6.07, 6.45) is 8.10. The van der Waals surface area contributed by atoms with E-state index in [2.05, 4.69) is 0 Å². The molecule has 0 saturated carbocycles. The molecule has 0 amide bonds. The van der Waals surface area contributed by atoms with E-state index in [1.54, 1.807) is 24.7 Å². The minimum Gasteiger partial charge on any atom is -0.469 e. The predicted octanol–water partition coefficient (Wildman–Crippen LogP) is 4.40. The fourth-order valence-corrected chi connectivity index (χ4v) is 3.72. The van der Waals surface area contributed by atoms with Gasteiger partial charge in [-0.2, -0.15) is 0 Å². The first kappa shape index (κ1) is 30.9. The van der Waals surface area contributed by atoms with Gasteiger partial charge < -0.3 is 42.9 Å². The molecule has 0 aromatic carbocycles. The molecular weight excluding hydrogens is 492 g/mol. The lowest BCUT2D eigenvalue weighted by molar-refractivity contribution is -0.0980. The molecule has 4 rings (SSSR count). The molecule has 0 saturated heterocycles. The number of carbonyl (C=O) groups is 1. The zero-order chi connectivity index (χ0) is 27.6. The summed E-state index contributed by atoms with van der Waals surface area (Å²) in [7, 11) is 0. The van der Waals surface area contributed by atoms with Gasteiger partial charge in [-0.05, 0) is 74.2 Å². The average Bonchev–Trinajstić information content (AvgIpc) is 3.78. The molecule has 0 aliphatic carbocycles. The van der Waals surface area contributed by atoms with Gasteiger partial charge in [0, 0.05) is 25.7 Å². The molecule has 9 nitrogen and oxygen atoms in total. The fraction of sp³-hybridized carbons (Fsp3) is 0.414. The van der Waals surface area contributed by atoms with Crippen LogP contribution in [0.3, 0.4) is 0 Å². The number of aliphatic hydroxyl groups is 4. The quantitative estimate of drug-likeness (QED) is 0.186. The van der Waals surface area contributed by atoms with Gasteiger partial charge in [0.15, 0.2) is 0 Å². The molecule has 0 unspecified atom stereocenters. The maximum absolute atomic E-state index is 9.92. The zero-order valence-electron chi connectivity index (χ0n) is 21.5. The molecule has 0 spiro atoms. The van der Waals surface area contributed by atoms with Gasteiger partial charge in [-0.15, -0.1) is 0 Å². The monoisotopic (exact) mass is 530 g/mol. The maximum atomic E-state index is 9.92. The van der Waals surface area contributed by atoms with Crippen molar-refractivity contribution in [2.24, 2.45) is 0 Å². The molecule has 4 N–H and O–H groups in total. The van der Waals surface area contributed by atoms with E-state index >= 15 is 0 Å². The third kappa shape index (κ3) is 11.8. The fourth-order valence-electron chi connectivity index (χ4n) is 3.72. The van der Waals surface area contributed by atoms with Gasteiger partial charge in [-0.1, -0.05) is 0 Å². The van der Waals surface area contributed by atoms with Crippen molar-refractivity contribution in [1.29, 1.82) is 0 Å². The first-order valence-electron chi connectivity index (χ1n) is 12.6. The minimum absolute atomic E-state index is 0.103. The maximum Gasteiger partial charge on any atom is 0.129 e. The topological polar surface area (TPSA) is 151 Å². The third-order valence-electron chi connectivity index (χ3n) is 5.80. The molecular formula is C29H38O9. The van der Waals surface area contributed by atoms with Crippen LogP contribution in [0, 0.1) is 0 Å². The Bertz CT molecular complexity index is 995. The highest BCUT2D eigenvalue weighted by molar-refractivity contribution is 5.11. The van der Waals surface area contributed by atoms with Crippen molar-refractivity contribution in [2.45, 2.75) is 76.8 Å². The molecule has 0 fully saturated rings. The van der Waals surface area contributed by atoms with Crippen LogP contribution >= 0.6 is 0 Å². The van der Waals surface area contributed by atoms with Crippen molar-refractivity contribution in [3.8, 4) is 0 Å². The van der Waals surface area contributed by atoms with E-state index in [9.17, 15) is 10.2 Å². The number of hydrogen-bond donors (Lipinski definition) is 4. The summed E-state index contributed by atoms with van der Waals surface area (Å²) >= 11 is 0. The second-order valence-corrected chi connectivity index (χ2v) is 8.67. The highest BCUT2D eigenvalue weighted by atomic mass is 16.4. The van der Waals surface area contributed by atoms with E-state index < -0.39 is 6.10 Å². The SMILES string of the molecule is C=O.OC(CCc1ccco1)CCc1ccco1.OCc1ccc(CCC(O)CCc2ccc(CO)o2)o1. The number of aliphatic hydroxyl groups excluding tert-OH is 4. The Morgan fingerprint density at radius 1 is 0.553 bits per heavy atom. The van der Waals surface area contributed by atoms with Crippen molar-refractivity contribution in [3.05, 3.63) is 95.6 Å². The Morgan fingerprint density at radius 3 is 1.18 bits per heavy atom. The molecule has 208 valence electrons. The van der Waals surface area contributed by atoms with Crippen molar-refractivity contribution < 1.29 is 42.9 Å². The second-order valence-electron chi connectivity index (χ2n) is 8.67. The van der Waals surface area contributed by atoms with Crippen molar-refractivity contribution in [2.75, 3.05) is 0 Å². The lowest BCUT2D eigenvalue weighted by Crippen LogP contribution is -2.08. The summed E-state index contributed by atoms with van der Waals surface area (Å²) in [5.41, 5.74) is 0. The molecule has 0 atom stereocenters. The van der Waals surface area contributed by atoms with Crippen LogP contribution < -0.4 is 0 Å². The van der Waals surface area contributed by atoms with E-state index in [4.69, 9.17) is 32.7 Å². The average molecular weight is 531 g/mol. The highest BCUT2D eigenvalue weighted by Gasteiger charge is 2.10. The predicted molar refractivity (Wildman–Crippen MR) is 139 cm³/mol. The van der Waals surface area contributed by atoms with Gasteiger partial charge >= 0.3 is 0 Å². The van der Waals surface area contributed by atoms with E-state index in [1.165, 1.54) is 0 Å². The molecule has 4 aromatic heterocycles. The highest BCUT2D eigenvalue weighted by Crippen LogP contribution is 2.15. The van der Waals surface area contributed by atoms with Crippen molar-refractivity contribution in [1.82, 2.24) is 0 Å². The standard InChI is InChI=1S/C15H20O5.C13H16O3.CH2O/c16-9-14-7-5-12(19-14)3-1-11(18)2-4-13-6-8-15(10-17)20-13;14-11(5-7-12-3-1-9-15-12)6-8-13-4-2-10-16-13;1-2/h5-8,11,16-18H,1-4,9-10H2;1-4,9-11,14H,5-8H2;1H2. The molecule has 0 aliphatic heterocycles. The third-order valence-corrected chi connectivity index (χ3v) is 5.80. The van der Waals surface area contributed by atoms with Gasteiger partial charge in [0.25, 0.3) is 0 Å². The lowest BCUT2D eigenvalue weighted by Gasteiger charge is -2.08. The minimum atomic E-state index is -0.430. The molecule has 0 bridgehead atoms. The van der Waals surface area contributed by atoms with Crippen LogP contribution in [0.15, 0.2) is 78.7 Å². The van der Waals surface area contributed by atoms with E-state index in [0.717, 1.165) is 48.7 Å². The number of aryl methyl sites for hydroxylation is 4. The summed E-state index contributed by atoms with van der Waals surface area (Å²) in [6, 6.07) is 14.7. The Balaban J connectivity index is 0.000000256. The molecule has 9 heteroatoms. The molecule has 38 heavy (non-hydrogen) atoms. The first-order chi connectivity index (χ1) is 18.6. The summed E-state index contributed by atoms with van der Waals surface area (Å²) in [6.45, 7) is 1.79. The van der Waals surface area contributed by atoms with Gasteiger partial charge in [-0.25, -0.2) is 0 Å². The normalized spacial score (nSPS) is 10.8. The number of rotatable bonds is 14. The smallest absolute Gasteiger partial charge is 0.129 e. The Morgan fingerprint density at radius 2 is 0.895 bits per heavy atom.